The van der Waals surface area contributed by atoms with E-state index >= 15 is 0 Å². The quantitative estimate of drug-likeness (QED) is 0.802. The third-order valence-electron chi connectivity index (χ3n) is 2.98. The van der Waals surface area contributed by atoms with Crippen molar-refractivity contribution in [3.8, 4) is 0 Å². The van der Waals surface area contributed by atoms with Gasteiger partial charge in [-0.25, -0.2) is 0 Å². The summed E-state index contributed by atoms with van der Waals surface area (Å²) in [5.74, 6) is 1.05. The third-order valence-corrected chi connectivity index (χ3v) is 3.20. The molecule has 94 valence electrons. The Morgan fingerprint density at radius 2 is 2.06 bits per heavy atom. The molecule has 0 heterocycles. The molecule has 0 aromatic heterocycles. The molecule has 0 saturated heterocycles. The molecule has 2 nitrogen and oxygen atoms in total. The fourth-order valence-corrected chi connectivity index (χ4v) is 1.91. The van der Waals surface area contributed by atoms with Crippen molar-refractivity contribution >= 4 is 17.5 Å². The van der Waals surface area contributed by atoms with Gasteiger partial charge in [0.2, 0.25) is 0 Å². The van der Waals surface area contributed by atoms with E-state index < -0.39 is 0 Å². The molecule has 1 rings (SSSR count). The minimum absolute atomic E-state index is 0.00507. The Morgan fingerprint density at radius 1 is 1.35 bits per heavy atom. The average Bonchev–Trinajstić information content (AvgIpc) is 2.30. The highest BCUT2D eigenvalue weighted by molar-refractivity contribution is 6.17. The van der Waals surface area contributed by atoms with Gasteiger partial charge in [0.05, 0.1) is 0 Å². The molecule has 0 saturated carbocycles. The van der Waals surface area contributed by atoms with Gasteiger partial charge in [0.25, 0.3) is 5.91 Å². The van der Waals surface area contributed by atoms with Gasteiger partial charge in [-0.1, -0.05) is 13.0 Å². The highest BCUT2D eigenvalue weighted by atomic mass is 35.5. The second-order valence-electron chi connectivity index (χ2n) is 4.59. The van der Waals surface area contributed by atoms with Crippen molar-refractivity contribution in [2.75, 3.05) is 12.4 Å². The first-order chi connectivity index (χ1) is 8.04. The Labute approximate surface area is 108 Å². The third kappa shape index (κ3) is 4.39. The Morgan fingerprint density at radius 3 is 2.65 bits per heavy atom. The Balaban J connectivity index is 2.55. The van der Waals surface area contributed by atoms with Crippen LogP contribution in [0.25, 0.3) is 0 Å². The van der Waals surface area contributed by atoms with Crippen LogP contribution < -0.4 is 5.32 Å². The zero-order valence-electron chi connectivity index (χ0n) is 10.7. The highest BCUT2D eigenvalue weighted by Crippen LogP contribution is 2.10. The topological polar surface area (TPSA) is 29.1 Å². The predicted octanol–water partition coefficient (Wildman–Crippen LogP) is 3.30. The Bertz CT molecular complexity index is 390. The van der Waals surface area contributed by atoms with E-state index in [9.17, 15) is 4.79 Å². The summed E-state index contributed by atoms with van der Waals surface area (Å²) in [7, 11) is 0. The van der Waals surface area contributed by atoms with Crippen LogP contribution in [-0.2, 0) is 0 Å². The molecule has 0 bridgehead atoms. The lowest BCUT2D eigenvalue weighted by atomic mass is 10.1. The molecular formula is C14H20ClNO. The number of carbonyl (C=O) groups is 1. The van der Waals surface area contributed by atoms with Crippen LogP contribution in [-0.4, -0.2) is 18.3 Å². The van der Waals surface area contributed by atoms with E-state index in [1.807, 2.05) is 32.0 Å². The lowest BCUT2D eigenvalue weighted by Gasteiger charge is -2.11. The van der Waals surface area contributed by atoms with Crippen LogP contribution in [0.5, 0.6) is 0 Å². The van der Waals surface area contributed by atoms with Gasteiger partial charge in [-0.2, -0.15) is 0 Å². The van der Waals surface area contributed by atoms with Gasteiger partial charge < -0.3 is 5.32 Å². The van der Waals surface area contributed by atoms with E-state index in [0.29, 0.717) is 18.3 Å². The van der Waals surface area contributed by atoms with E-state index in [1.54, 1.807) is 0 Å². The van der Waals surface area contributed by atoms with Gasteiger partial charge in [0.1, 0.15) is 0 Å². The van der Waals surface area contributed by atoms with Crippen LogP contribution in [0.4, 0.5) is 0 Å². The summed E-state index contributed by atoms with van der Waals surface area (Å²) in [4.78, 5) is 11.9. The molecular weight excluding hydrogens is 234 g/mol. The molecule has 0 spiro atoms. The van der Waals surface area contributed by atoms with Gasteiger partial charge in [0.15, 0.2) is 0 Å². The van der Waals surface area contributed by atoms with E-state index in [0.717, 1.165) is 17.5 Å². The number of carbonyl (C=O) groups excluding carboxylic acids is 1. The number of hydrogen-bond donors (Lipinski definition) is 1. The molecule has 17 heavy (non-hydrogen) atoms. The molecule has 1 N–H and O–H groups in total. The van der Waals surface area contributed by atoms with E-state index in [-0.39, 0.29) is 5.91 Å². The summed E-state index contributed by atoms with van der Waals surface area (Å²) < 4.78 is 0. The smallest absolute Gasteiger partial charge is 0.251 e. The van der Waals surface area contributed by atoms with Gasteiger partial charge in [-0.3, -0.25) is 4.79 Å². The minimum atomic E-state index is -0.00507. The van der Waals surface area contributed by atoms with Crippen molar-refractivity contribution in [2.24, 2.45) is 5.92 Å². The van der Waals surface area contributed by atoms with E-state index in [4.69, 9.17) is 11.6 Å². The predicted molar refractivity (Wildman–Crippen MR) is 72.8 cm³/mol. The second kappa shape index (κ2) is 6.65. The highest BCUT2D eigenvalue weighted by Gasteiger charge is 2.08. The number of rotatable bonds is 5. The number of aryl methyl sites for hydroxylation is 2. The molecule has 1 aromatic rings. The summed E-state index contributed by atoms with van der Waals surface area (Å²) >= 11 is 5.65. The van der Waals surface area contributed by atoms with Crippen LogP contribution in [0.15, 0.2) is 18.2 Å². The van der Waals surface area contributed by atoms with Gasteiger partial charge >= 0.3 is 0 Å². The molecule has 1 aromatic carbocycles. The van der Waals surface area contributed by atoms with Gasteiger partial charge in [-0.05, 0) is 49.4 Å². The normalized spacial score (nSPS) is 12.2. The van der Waals surface area contributed by atoms with Crippen molar-refractivity contribution < 1.29 is 4.79 Å². The molecule has 1 atom stereocenters. The first kappa shape index (κ1) is 14.0. The Kier molecular flexibility index (Phi) is 5.49. The maximum Gasteiger partial charge on any atom is 0.251 e. The van der Waals surface area contributed by atoms with Crippen molar-refractivity contribution in [1.82, 2.24) is 5.32 Å². The maximum absolute atomic E-state index is 11.9. The fraction of sp³-hybridized carbons (Fsp3) is 0.500. The number of hydrogen-bond acceptors (Lipinski definition) is 1. The van der Waals surface area contributed by atoms with Gasteiger partial charge in [0, 0.05) is 18.0 Å². The zero-order chi connectivity index (χ0) is 12.8. The zero-order valence-corrected chi connectivity index (χ0v) is 11.5. The molecule has 0 aliphatic carbocycles. The van der Waals surface area contributed by atoms with Crippen LogP contribution >= 0.6 is 11.6 Å². The maximum atomic E-state index is 11.9. The first-order valence-corrected chi connectivity index (χ1v) is 6.49. The van der Waals surface area contributed by atoms with Crippen molar-refractivity contribution in [3.05, 3.63) is 34.9 Å². The molecule has 0 aliphatic rings. The summed E-state index contributed by atoms with van der Waals surface area (Å²) in [6, 6.07) is 5.77. The summed E-state index contributed by atoms with van der Waals surface area (Å²) in [6.07, 6.45) is 0.925. The molecule has 0 radical (unpaired) electrons. The summed E-state index contributed by atoms with van der Waals surface area (Å²) in [5.41, 5.74) is 3.08. The van der Waals surface area contributed by atoms with Crippen LogP contribution in [0.2, 0.25) is 0 Å². The molecule has 0 fully saturated rings. The fourth-order valence-electron chi connectivity index (χ4n) is 1.54. The number of nitrogens with one attached hydrogen (secondary N) is 1. The standard InChI is InChI=1S/C14H20ClNO/c1-10(6-7-15)9-16-14(17)13-5-4-11(2)12(3)8-13/h4-5,8,10H,6-7,9H2,1-3H3,(H,16,17). The van der Waals surface area contributed by atoms with Crippen LogP contribution in [0.1, 0.15) is 34.8 Å². The second-order valence-corrected chi connectivity index (χ2v) is 4.97. The largest absolute Gasteiger partial charge is 0.352 e. The van der Waals surface area contributed by atoms with Crippen molar-refractivity contribution in [3.63, 3.8) is 0 Å². The van der Waals surface area contributed by atoms with Crippen molar-refractivity contribution in [1.29, 1.82) is 0 Å². The molecule has 1 amide bonds. The van der Waals surface area contributed by atoms with E-state index in [2.05, 4.69) is 12.2 Å². The molecule has 0 aliphatic heterocycles. The summed E-state index contributed by atoms with van der Waals surface area (Å²) in [5, 5.41) is 2.93. The monoisotopic (exact) mass is 253 g/mol. The van der Waals surface area contributed by atoms with Crippen LogP contribution in [0, 0.1) is 19.8 Å². The summed E-state index contributed by atoms with van der Waals surface area (Å²) in [6.45, 7) is 6.82. The average molecular weight is 254 g/mol. The lowest BCUT2D eigenvalue weighted by Crippen LogP contribution is -2.28. The number of amides is 1. The SMILES string of the molecule is Cc1ccc(C(=O)NCC(C)CCCl)cc1C. The number of benzene rings is 1. The lowest BCUT2D eigenvalue weighted by molar-refractivity contribution is 0.0948. The van der Waals surface area contributed by atoms with Gasteiger partial charge in [-0.15, -0.1) is 11.6 Å². The molecule has 1 unspecified atom stereocenters. The number of halogens is 1. The molecule has 3 heteroatoms. The first-order valence-electron chi connectivity index (χ1n) is 5.96. The van der Waals surface area contributed by atoms with Crippen molar-refractivity contribution in [2.45, 2.75) is 27.2 Å². The number of alkyl halides is 1. The van der Waals surface area contributed by atoms with E-state index in [1.165, 1.54) is 5.56 Å². The van der Waals surface area contributed by atoms with Crippen LogP contribution in [0.3, 0.4) is 0 Å². The minimum Gasteiger partial charge on any atom is -0.352 e. The Hall–Kier alpha value is -1.02.